The molecule has 0 radical (unpaired) electrons. The minimum absolute atomic E-state index is 0.283. The van der Waals surface area contributed by atoms with Gasteiger partial charge in [-0.2, -0.15) is 0 Å². The molecule has 2 heterocycles. The summed E-state index contributed by atoms with van der Waals surface area (Å²) in [4.78, 5) is 17.5. The van der Waals surface area contributed by atoms with Gasteiger partial charge in [0.1, 0.15) is 0 Å². The normalized spacial score (nSPS) is 19.2. The molecule has 1 aromatic heterocycles. The Kier molecular flexibility index (Phi) is 4.59. The molecule has 1 aromatic carbocycles. The molecular weight excluding hydrogens is 348 g/mol. The Morgan fingerprint density at radius 2 is 2.18 bits per heavy atom. The van der Waals surface area contributed by atoms with Gasteiger partial charge in [0.15, 0.2) is 5.76 Å². The highest BCUT2D eigenvalue weighted by Crippen LogP contribution is 2.24. The third kappa shape index (κ3) is 3.56. The number of aromatic nitrogens is 1. The summed E-state index contributed by atoms with van der Waals surface area (Å²) in [7, 11) is 0. The second-order valence-corrected chi connectivity index (χ2v) is 6.45. The Labute approximate surface area is 137 Å². The number of halogens is 1. The van der Waals surface area contributed by atoms with Crippen molar-refractivity contribution in [2.24, 2.45) is 5.92 Å². The molecular formula is C16H17BrN2O3. The van der Waals surface area contributed by atoms with Gasteiger partial charge in [0.2, 0.25) is 5.89 Å². The average molecular weight is 365 g/mol. The summed E-state index contributed by atoms with van der Waals surface area (Å²) in [5.74, 6) is 0.362. The van der Waals surface area contributed by atoms with E-state index >= 15 is 0 Å². The van der Waals surface area contributed by atoms with Crippen LogP contribution in [0.15, 0.2) is 39.4 Å². The fourth-order valence-corrected chi connectivity index (χ4v) is 2.99. The van der Waals surface area contributed by atoms with Crippen molar-refractivity contribution in [2.45, 2.75) is 19.4 Å². The van der Waals surface area contributed by atoms with Crippen molar-refractivity contribution in [3.05, 3.63) is 40.8 Å². The van der Waals surface area contributed by atoms with Crippen LogP contribution in [0.5, 0.6) is 0 Å². The first kappa shape index (κ1) is 15.2. The van der Waals surface area contributed by atoms with E-state index in [2.05, 4.69) is 25.8 Å². The molecule has 6 heteroatoms. The maximum absolute atomic E-state index is 11.1. The number of aliphatic carboxylic acids is 1. The van der Waals surface area contributed by atoms with Crippen LogP contribution in [-0.2, 0) is 11.3 Å². The molecule has 5 nitrogen and oxygen atoms in total. The zero-order valence-electron chi connectivity index (χ0n) is 12.0. The number of carboxylic acid groups (broad SMARTS) is 1. The molecule has 116 valence electrons. The lowest BCUT2D eigenvalue weighted by Gasteiger charge is -2.29. The number of hydrogen-bond donors (Lipinski definition) is 1. The van der Waals surface area contributed by atoms with Gasteiger partial charge in [-0.3, -0.25) is 9.69 Å². The molecule has 3 rings (SSSR count). The van der Waals surface area contributed by atoms with Gasteiger partial charge < -0.3 is 9.52 Å². The zero-order valence-corrected chi connectivity index (χ0v) is 13.6. The Morgan fingerprint density at radius 3 is 2.91 bits per heavy atom. The fourth-order valence-electron chi connectivity index (χ4n) is 2.72. The van der Waals surface area contributed by atoms with Crippen LogP contribution in [0.2, 0.25) is 0 Å². The van der Waals surface area contributed by atoms with Crippen molar-refractivity contribution < 1.29 is 14.3 Å². The summed E-state index contributed by atoms with van der Waals surface area (Å²) in [6.07, 6.45) is 3.37. The number of benzene rings is 1. The van der Waals surface area contributed by atoms with Gasteiger partial charge in [-0.1, -0.05) is 28.1 Å². The number of hydrogen-bond acceptors (Lipinski definition) is 4. The molecule has 0 spiro atoms. The third-order valence-electron chi connectivity index (χ3n) is 3.90. The average Bonchev–Trinajstić information content (AvgIpc) is 2.96. The summed E-state index contributed by atoms with van der Waals surface area (Å²) >= 11 is 3.41. The van der Waals surface area contributed by atoms with Crippen LogP contribution in [0.3, 0.4) is 0 Å². The van der Waals surface area contributed by atoms with Crippen LogP contribution in [0.1, 0.15) is 18.7 Å². The largest absolute Gasteiger partial charge is 0.481 e. The molecule has 0 aliphatic carbocycles. The predicted octanol–water partition coefficient (Wildman–Crippen LogP) is 3.40. The molecule has 0 bridgehead atoms. The van der Waals surface area contributed by atoms with Gasteiger partial charge >= 0.3 is 5.97 Å². The number of piperidine rings is 1. The first-order valence-corrected chi connectivity index (χ1v) is 8.07. The molecule has 22 heavy (non-hydrogen) atoms. The first-order chi connectivity index (χ1) is 10.6. The second kappa shape index (κ2) is 6.62. The number of likely N-dealkylation sites (tertiary alicyclic amines) is 1. The highest BCUT2D eigenvalue weighted by atomic mass is 79.9. The maximum atomic E-state index is 11.1. The number of rotatable bonds is 4. The monoisotopic (exact) mass is 364 g/mol. The molecule has 0 amide bonds. The lowest BCUT2D eigenvalue weighted by atomic mass is 9.98. The van der Waals surface area contributed by atoms with E-state index in [4.69, 9.17) is 9.52 Å². The van der Waals surface area contributed by atoms with E-state index in [0.717, 1.165) is 35.2 Å². The fraction of sp³-hybridized carbons (Fsp3) is 0.375. The third-order valence-corrected chi connectivity index (χ3v) is 4.42. The van der Waals surface area contributed by atoms with Crippen LogP contribution in [0, 0.1) is 5.92 Å². The van der Waals surface area contributed by atoms with Crippen LogP contribution in [0.4, 0.5) is 0 Å². The quantitative estimate of drug-likeness (QED) is 0.900. The summed E-state index contributed by atoms with van der Waals surface area (Å²) in [6, 6.07) is 7.85. The summed E-state index contributed by atoms with van der Waals surface area (Å²) in [5.41, 5.74) is 0.976. The molecule has 1 unspecified atom stereocenters. The molecule has 1 aliphatic rings. The van der Waals surface area contributed by atoms with Gasteiger partial charge in [-0.15, -0.1) is 0 Å². The van der Waals surface area contributed by atoms with Crippen LogP contribution >= 0.6 is 15.9 Å². The predicted molar refractivity (Wildman–Crippen MR) is 85.3 cm³/mol. The standard InChI is InChI=1S/C16H17BrN2O3/c17-13-5-3-11(4-6-13)14-8-18-15(22-14)10-19-7-1-2-12(9-19)16(20)21/h3-6,8,12H,1-2,7,9-10H2,(H,20,21). The highest BCUT2D eigenvalue weighted by Gasteiger charge is 2.26. The van der Waals surface area contributed by atoms with Crippen LogP contribution in [0.25, 0.3) is 11.3 Å². The molecule has 2 aromatic rings. The molecule has 1 saturated heterocycles. The molecule has 1 fully saturated rings. The smallest absolute Gasteiger partial charge is 0.307 e. The van der Waals surface area contributed by atoms with Gasteiger partial charge in [-0.05, 0) is 31.5 Å². The zero-order chi connectivity index (χ0) is 15.5. The van der Waals surface area contributed by atoms with E-state index in [9.17, 15) is 4.79 Å². The second-order valence-electron chi connectivity index (χ2n) is 5.54. The Hall–Kier alpha value is -1.66. The number of nitrogens with zero attached hydrogens (tertiary/aromatic N) is 2. The lowest BCUT2D eigenvalue weighted by Crippen LogP contribution is -2.38. The van der Waals surface area contributed by atoms with Crippen LogP contribution < -0.4 is 0 Å². The topological polar surface area (TPSA) is 66.6 Å². The summed E-state index contributed by atoms with van der Waals surface area (Å²) in [5, 5.41) is 9.13. The Morgan fingerprint density at radius 1 is 1.41 bits per heavy atom. The van der Waals surface area contributed by atoms with Gasteiger partial charge in [0.05, 0.1) is 18.7 Å². The van der Waals surface area contributed by atoms with Crippen molar-refractivity contribution >= 4 is 21.9 Å². The molecule has 1 aliphatic heterocycles. The van der Waals surface area contributed by atoms with E-state index in [-0.39, 0.29) is 5.92 Å². The Bertz CT molecular complexity index is 654. The van der Waals surface area contributed by atoms with Crippen molar-refractivity contribution in [3.8, 4) is 11.3 Å². The van der Waals surface area contributed by atoms with E-state index in [1.54, 1.807) is 6.20 Å². The van der Waals surface area contributed by atoms with E-state index in [1.165, 1.54) is 0 Å². The van der Waals surface area contributed by atoms with Crippen molar-refractivity contribution in [1.82, 2.24) is 9.88 Å². The summed E-state index contributed by atoms with van der Waals surface area (Å²) < 4.78 is 6.81. The molecule has 0 saturated carbocycles. The van der Waals surface area contributed by atoms with Crippen molar-refractivity contribution in [2.75, 3.05) is 13.1 Å². The lowest BCUT2D eigenvalue weighted by molar-refractivity contribution is -0.143. The number of carboxylic acids is 1. The molecule has 1 atom stereocenters. The van der Waals surface area contributed by atoms with E-state index in [1.807, 2.05) is 24.3 Å². The van der Waals surface area contributed by atoms with E-state index < -0.39 is 5.97 Å². The van der Waals surface area contributed by atoms with Gasteiger partial charge in [0, 0.05) is 16.6 Å². The van der Waals surface area contributed by atoms with Crippen LogP contribution in [-0.4, -0.2) is 34.0 Å². The van der Waals surface area contributed by atoms with E-state index in [0.29, 0.717) is 19.0 Å². The SMILES string of the molecule is O=C(O)C1CCCN(Cc2ncc(-c3ccc(Br)cc3)o2)C1. The Balaban J connectivity index is 1.66. The first-order valence-electron chi connectivity index (χ1n) is 7.27. The molecule has 1 N–H and O–H groups in total. The number of carbonyl (C=O) groups is 1. The minimum Gasteiger partial charge on any atom is -0.481 e. The highest BCUT2D eigenvalue weighted by molar-refractivity contribution is 9.10. The summed E-state index contributed by atoms with van der Waals surface area (Å²) in [6.45, 7) is 2.01. The minimum atomic E-state index is -0.715. The van der Waals surface area contributed by atoms with Crippen molar-refractivity contribution in [3.63, 3.8) is 0 Å². The van der Waals surface area contributed by atoms with Gasteiger partial charge in [0.25, 0.3) is 0 Å². The van der Waals surface area contributed by atoms with Crippen molar-refractivity contribution in [1.29, 1.82) is 0 Å². The van der Waals surface area contributed by atoms with Gasteiger partial charge in [-0.25, -0.2) is 4.98 Å². The maximum Gasteiger partial charge on any atom is 0.307 e. The number of oxazole rings is 1.